The topological polar surface area (TPSA) is 95.0 Å². The molecule has 3 aromatic rings. The number of imide groups is 2. The zero-order valence-electron chi connectivity index (χ0n) is 22.5. The van der Waals surface area contributed by atoms with Gasteiger partial charge in [0, 0.05) is 20.1 Å². The summed E-state index contributed by atoms with van der Waals surface area (Å²) in [5, 5.41) is 11.5. The summed E-state index contributed by atoms with van der Waals surface area (Å²) in [5.74, 6) is -4.50. The lowest BCUT2D eigenvalue weighted by molar-refractivity contribution is -0.131. The summed E-state index contributed by atoms with van der Waals surface area (Å²) in [7, 11) is 0. The lowest BCUT2D eigenvalue weighted by atomic mass is 9.51. The van der Waals surface area contributed by atoms with E-state index in [1.165, 1.54) is 15.9 Å². The van der Waals surface area contributed by atoms with Crippen molar-refractivity contribution >= 4 is 69.2 Å². The molecule has 3 fully saturated rings. The lowest BCUT2D eigenvalue weighted by Crippen LogP contribution is -2.48. The van der Waals surface area contributed by atoms with Gasteiger partial charge >= 0.3 is 0 Å². The number of hydrogen-bond acceptors (Lipinski definition) is 5. The summed E-state index contributed by atoms with van der Waals surface area (Å²) >= 11 is 8.59. The highest BCUT2D eigenvalue weighted by Crippen LogP contribution is 2.64. The molecule has 4 amide bonds. The molecule has 42 heavy (non-hydrogen) atoms. The minimum Gasteiger partial charge on any atom is -0.508 e. The van der Waals surface area contributed by atoms with Gasteiger partial charge in [0.15, 0.2) is 0 Å². The molecule has 212 valence electrons. The highest BCUT2D eigenvalue weighted by molar-refractivity contribution is 14.1. The Balaban J connectivity index is 1.38. The van der Waals surface area contributed by atoms with Crippen molar-refractivity contribution in [2.45, 2.75) is 25.7 Å². The summed E-state index contributed by atoms with van der Waals surface area (Å²) in [6, 6.07) is 20.8. The molecule has 9 heteroatoms. The number of benzene rings is 3. The molecule has 2 saturated heterocycles. The van der Waals surface area contributed by atoms with Crippen molar-refractivity contribution in [3.63, 3.8) is 0 Å². The lowest BCUT2D eigenvalue weighted by Gasteiger charge is -2.49. The number of aromatic hydroxyl groups is 1. The van der Waals surface area contributed by atoms with Gasteiger partial charge in [0.2, 0.25) is 23.6 Å². The van der Waals surface area contributed by atoms with Gasteiger partial charge in [0.05, 0.1) is 34.5 Å². The average Bonchev–Trinajstić information content (AvgIpc) is 3.35. The van der Waals surface area contributed by atoms with E-state index in [4.69, 9.17) is 11.6 Å². The monoisotopic (exact) mass is 692 g/mol. The number of phenolic OH excluding ortho intramolecular Hbond substituents is 1. The Morgan fingerprint density at radius 1 is 0.857 bits per heavy atom. The first-order valence-corrected chi connectivity index (χ1v) is 15.3. The summed E-state index contributed by atoms with van der Waals surface area (Å²) < 4.78 is 0.986. The molecule has 0 aromatic heterocycles. The molecular formula is C33H26ClIN2O5. The number of amides is 4. The maximum atomic E-state index is 14.4. The van der Waals surface area contributed by atoms with Gasteiger partial charge in [-0.15, -0.1) is 0 Å². The van der Waals surface area contributed by atoms with Crippen LogP contribution >= 0.6 is 34.2 Å². The zero-order valence-corrected chi connectivity index (χ0v) is 25.5. The number of carbonyl (C=O) groups is 4. The second-order valence-corrected chi connectivity index (χ2v) is 13.4. The summed E-state index contributed by atoms with van der Waals surface area (Å²) in [6.07, 6.45) is 2.53. The van der Waals surface area contributed by atoms with Crippen LogP contribution in [0.15, 0.2) is 84.4 Å². The van der Waals surface area contributed by atoms with E-state index in [2.05, 4.69) is 22.6 Å². The van der Waals surface area contributed by atoms with E-state index in [1.54, 1.807) is 55.5 Å². The highest BCUT2D eigenvalue weighted by Gasteiger charge is 2.68. The largest absolute Gasteiger partial charge is 0.508 e. The van der Waals surface area contributed by atoms with Crippen LogP contribution in [-0.4, -0.2) is 28.7 Å². The van der Waals surface area contributed by atoms with Crippen molar-refractivity contribution in [2.75, 3.05) is 9.80 Å². The number of halogens is 2. The number of anilines is 2. The van der Waals surface area contributed by atoms with Crippen LogP contribution < -0.4 is 9.80 Å². The zero-order chi connectivity index (χ0) is 29.5. The first kappa shape index (κ1) is 27.3. The molecule has 3 aromatic carbocycles. The molecule has 0 bridgehead atoms. The average molecular weight is 693 g/mol. The molecule has 7 nitrogen and oxygen atoms in total. The maximum absolute atomic E-state index is 14.4. The molecule has 1 N–H and O–H groups in total. The first-order chi connectivity index (χ1) is 20.1. The van der Waals surface area contributed by atoms with Crippen molar-refractivity contribution in [1.29, 1.82) is 0 Å². The summed E-state index contributed by atoms with van der Waals surface area (Å²) in [6.45, 7) is 1.79. The Morgan fingerprint density at radius 2 is 1.55 bits per heavy atom. The Hall–Kier alpha value is -3.50. The molecule has 7 rings (SSSR count). The molecule has 2 heterocycles. The standard InChI is InChI=1S/C33H26ClIN2O5/c1-33-25(30(40)37(32(33)42)19-5-3-2-4-6-19)16-23-21(28(33)24-15-17(34)7-14-26(24)38)12-13-22-27(23)31(41)36(29(22)39)20-10-8-18(35)9-11-20/h2-12,14-15,22-23,25,27-28,38H,13,16H2,1H3. The van der Waals surface area contributed by atoms with E-state index in [9.17, 15) is 24.3 Å². The van der Waals surface area contributed by atoms with Crippen LogP contribution in [0.5, 0.6) is 5.75 Å². The summed E-state index contributed by atoms with van der Waals surface area (Å²) in [5.41, 5.74) is 0.990. The van der Waals surface area contributed by atoms with Crippen molar-refractivity contribution in [3.05, 3.63) is 98.6 Å². The fourth-order valence-electron chi connectivity index (χ4n) is 7.78. The molecule has 2 aliphatic heterocycles. The number of nitrogens with zero attached hydrogens (tertiary/aromatic N) is 2. The Labute approximate surface area is 261 Å². The van der Waals surface area contributed by atoms with Crippen LogP contribution in [0.3, 0.4) is 0 Å². The highest BCUT2D eigenvalue weighted by atomic mass is 127. The molecule has 6 unspecified atom stereocenters. The molecule has 4 aliphatic rings. The van der Waals surface area contributed by atoms with Crippen molar-refractivity contribution in [2.24, 2.45) is 29.1 Å². The molecule has 6 atom stereocenters. The number of fused-ring (bicyclic) bond motifs is 4. The summed E-state index contributed by atoms with van der Waals surface area (Å²) in [4.78, 5) is 58.8. The van der Waals surface area contributed by atoms with Crippen LogP contribution in [0.25, 0.3) is 0 Å². The number of phenols is 1. The smallest absolute Gasteiger partial charge is 0.241 e. The number of carbonyl (C=O) groups excluding carboxylic acids is 4. The van der Waals surface area contributed by atoms with Crippen molar-refractivity contribution in [1.82, 2.24) is 0 Å². The van der Waals surface area contributed by atoms with Gasteiger partial charge in [-0.3, -0.25) is 24.1 Å². The van der Waals surface area contributed by atoms with Gasteiger partial charge in [0.25, 0.3) is 0 Å². The van der Waals surface area contributed by atoms with Crippen LogP contribution in [0.2, 0.25) is 5.02 Å². The number of hydrogen-bond donors (Lipinski definition) is 1. The first-order valence-electron chi connectivity index (χ1n) is 13.9. The van der Waals surface area contributed by atoms with E-state index >= 15 is 0 Å². The Kier molecular flexibility index (Phi) is 6.36. The molecule has 0 radical (unpaired) electrons. The molecular weight excluding hydrogens is 667 g/mol. The number of para-hydroxylation sites is 1. The second kappa shape index (κ2) is 9.77. The molecule has 2 aliphatic carbocycles. The third-order valence-electron chi connectivity index (χ3n) is 9.67. The van der Waals surface area contributed by atoms with Crippen LogP contribution in [-0.2, 0) is 19.2 Å². The van der Waals surface area contributed by atoms with Crippen LogP contribution in [0.1, 0.15) is 31.2 Å². The van der Waals surface area contributed by atoms with Gasteiger partial charge in [-0.05, 0) is 103 Å². The van der Waals surface area contributed by atoms with Crippen LogP contribution in [0.4, 0.5) is 11.4 Å². The Morgan fingerprint density at radius 3 is 2.26 bits per heavy atom. The van der Waals surface area contributed by atoms with Crippen molar-refractivity contribution in [3.8, 4) is 5.75 Å². The van der Waals surface area contributed by atoms with E-state index in [0.717, 1.165) is 9.14 Å². The van der Waals surface area contributed by atoms with Gasteiger partial charge in [0.1, 0.15) is 5.75 Å². The predicted molar refractivity (Wildman–Crippen MR) is 166 cm³/mol. The quantitative estimate of drug-likeness (QED) is 0.204. The third kappa shape index (κ3) is 3.77. The Bertz CT molecular complexity index is 1710. The minimum atomic E-state index is -1.24. The van der Waals surface area contributed by atoms with E-state index in [-0.39, 0.29) is 35.8 Å². The van der Waals surface area contributed by atoms with E-state index in [1.807, 2.05) is 24.3 Å². The van der Waals surface area contributed by atoms with Crippen molar-refractivity contribution < 1.29 is 24.3 Å². The van der Waals surface area contributed by atoms with Gasteiger partial charge in [-0.2, -0.15) is 0 Å². The molecule has 1 saturated carbocycles. The van der Waals surface area contributed by atoms with E-state index < -0.39 is 35.0 Å². The molecule has 0 spiro atoms. The fraction of sp³-hybridized carbons (Fsp3) is 0.273. The van der Waals surface area contributed by atoms with Gasteiger partial charge in [-0.25, -0.2) is 4.90 Å². The minimum absolute atomic E-state index is 0.0409. The van der Waals surface area contributed by atoms with Crippen LogP contribution in [0, 0.1) is 32.7 Å². The van der Waals surface area contributed by atoms with Gasteiger partial charge < -0.3 is 5.11 Å². The fourth-order valence-corrected chi connectivity index (χ4v) is 8.32. The maximum Gasteiger partial charge on any atom is 0.241 e. The number of rotatable bonds is 3. The second-order valence-electron chi connectivity index (χ2n) is 11.7. The van der Waals surface area contributed by atoms with E-state index in [0.29, 0.717) is 28.4 Å². The SMILES string of the molecule is CC12C(=O)N(c3ccccc3)C(=O)C1CC1C(=CCC3C(=O)N(c4ccc(I)cc4)C(=O)C31)C2c1cc(Cl)ccc1O. The predicted octanol–water partition coefficient (Wildman–Crippen LogP) is 6.09. The number of allylic oxidation sites excluding steroid dienone is 2. The van der Waals surface area contributed by atoms with Gasteiger partial charge in [-0.1, -0.05) is 41.4 Å². The third-order valence-corrected chi connectivity index (χ3v) is 10.6. The normalized spacial score (nSPS) is 30.3.